The Hall–Kier alpha value is -3.81. The molecule has 2 aromatic heterocycles. The first kappa shape index (κ1) is 24.9. The van der Waals surface area contributed by atoms with E-state index >= 15 is 4.39 Å². The van der Waals surface area contributed by atoms with Crippen LogP contribution in [0.25, 0.3) is 32.8 Å². The lowest BCUT2D eigenvalue weighted by Gasteiger charge is -2.32. The van der Waals surface area contributed by atoms with Crippen molar-refractivity contribution in [3.63, 3.8) is 0 Å². The maximum absolute atomic E-state index is 15.5. The molecular formula is C26H24ClF2N7O. The summed E-state index contributed by atoms with van der Waals surface area (Å²) in [7, 11) is 3.52. The fourth-order valence-corrected chi connectivity index (χ4v) is 5.02. The molecule has 1 amide bonds. The Labute approximate surface area is 217 Å². The zero-order chi connectivity index (χ0) is 26.4. The van der Waals surface area contributed by atoms with Crippen molar-refractivity contribution >= 4 is 34.1 Å². The average Bonchev–Trinajstić information content (AvgIpc) is 3.38. The molecule has 37 heavy (non-hydrogen) atoms. The Morgan fingerprint density at radius 1 is 1.24 bits per heavy atom. The largest absolute Gasteiger partial charge is 0.336 e. The number of likely N-dealkylation sites (N-methyl/N-ethyl adjacent to an activating group) is 1. The maximum Gasteiger partial charge on any atom is 0.274 e. The molecule has 0 bridgehead atoms. The highest BCUT2D eigenvalue weighted by Gasteiger charge is 2.30. The third kappa shape index (κ3) is 4.24. The first-order chi connectivity index (χ1) is 17.7. The Bertz CT molecular complexity index is 1590. The van der Waals surface area contributed by atoms with Gasteiger partial charge < -0.3 is 10.2 Å². The number of piperidine rings is 1. The number of hydrogen-bond acceptors (Lipinski definition) is 4. The van der Waals surface area contributed by atoms with Gasteiger partial charge in [0.15, 0.2) is 0 Å². The first-order valence-corrected chi connectivity index (χ1v) is 12.2. The van der Waals surface area contributed by atoms with Crippen LogP contribution in [0, 0.1) is 25.1 Å². The molecule has 5 rings (SSSR count). The summed E-state index contributed by atoms with van der Waals surface area (Å²) in [6.45, 7) is 9.93. The molecule has 2 aromatic carbocycles. The van der Waals surface area contributed by atoms with Crippen LogP contribution in [0.15, 0.2) is 30.3 Å². The van der Waals surface area contributed by atoms with Crippen molar-refractivity contribution in [2.45, 2.75) is 25.8 Å². The molecule has 1 aliphatic heterocycles. The molecule has 0 spiro atoms. The van der Waals surface area contributed by atoms with Gasteiger partial charge in [-0.3, -0.25) is 14.0 Å². The molecule has 0 saturated carbocycles. The van der Waals surface area contributed by atoms with Crippen LogP contribution in [0.3, 0.4) is 0 Å². The number of imidazole rings is 1. The van der Waals surface area contributed by atoms with Gasteiger partial charge >= 0.3 is 0 Å². The molecule has 4 aromatic rings. The molecule has 0 radical (unpaired) electrons. The van der Waals surface area contributed by atoms with Crippen LogP contribution < -0.4 is 5.32 Å². The molecule has 190 valence electrons. The van der Waals surface area contributed by atoms with E-state index in [1.54, 1.807) is 24.9 Å². The Balaban J connectivity index is 1.72. The van der Waals surface area contributed by atoms with Crippen molar-refractivity contribution < 1.29 is 13.6 Å². The van der Waals surface area contributed by atoms with Crippen molar-refractivity contribution in [1.29, 1.82) is 0 Å². The third-order valence-corrected chi connectivity index (χ3v) is 7.27. The second-order valence-electron chi connectivity index (χ2n) is 9.10. The van der Waals surface area contributed by atoms with E-state index in [0.717, 1.165) is 12.8 Å². The normalized spacial score (nSPS) is 15.8. The van der Waals surface area contributed by atoms with E-state index < -0.39 is 11.6 Å². The number of aromatic nitrogens is 4. The molecule has 1 fully saturated rings. The summed E-state index contributed by atoms with van der Waals surface area (Å²) in [5.41, 5.74) is 1.19. The molecule has 11 heteroatoms. The highest BCUT2D eigenvalue weighted by Crippen LogP contribution is 2.34. The number of hydrogen-bond donors (Lipinski definition) is 1. The van der Waals surface area contributed by atoms with E-state index in [-0.39, 0.29) is 34.8 Å². The lowest BCUT2D eigenvalue weighted by molar-refractivity contribution is 0.0692. The van der Waals surface area contributed by atoms with Crippen molar-refractivity contribution in [3.8, 4) is 17.1 Å². The van der Waals surface area contributed by atoms with Gasteiger partial charge in [0.25, 0.3) is 5.91 Å². The van der Waals surface area contributed by atoms with Gasteiger partial charge in [-0.2, -0.15) is 5.10 Å². The van der Waals surface area contributed by atoms with Crippen molar-refractivity contribution in [2.75, 3.05) is 20.1 Å². The van der Waals surface area contributed by atoms with Crippen LogP contribution in [-0.4, -0.2) is 56.3 Å². The topological polar surface area (TPSA) is 72.3 Å². The van der Waals surface area contributed by atoms with E-state index in [4.69, 9.17) is 18.2 Å². The number of nitrogens with one attached hydrogen (secondary N) is 1. The lowest BCUT2D eigenvalue weighted by Crippen LogP contribution is -2.47. The van der Waals surface area contributed by atoms with Crippen LogP contribution in [0.1, 0.15) is 29.0 Å². The third-order valence-electron chi connectivity index (χ3n) is 6.82. The minimum absolute atomic E-state index is 0.0999. The van der Waals surface area contributed by atoms with Crippen molar-refractivity contribution in [1.82, 2.24) is 29.5 Å². The molecule has 1 atom stereocenters. The van der Waals surface area contributed by atoms with Gasteiger partial charge in [0.2, 0.25) is 5.69 Å². The molecule has 0 unspecified atom stereocenters. The van der Waals surface area contributed by atoms with Gasteiger partial charge in [0, 0.05) is 43.2 Å². The SMILES string of the molecule is [C-]#[N+]c1ccc(-c2nc(C(=O)N3CCC[C@H](NC)C3)c(C)n2-c2cc3c(Cl)n(C)nc3cc2F)cc1F. The summed E-state index contributed by atoms with van der Waals surface area (Å²) in [6, 6.07) is 7.04. The van der Waals surface area contributed by atoms with E-state index in [1.807, 2.05) is 7.05 Å². The number of fused-ring (bicyclic) bond motifs is 1. The van der Waals surface area contributed by atoms with E-state index in [9.17, 15) is 9.18 Å². The Morgan fingerprint density at radius 2 is 2.03 bits per heavy atom. The zero-order valence-electron chi connectivity index (χ0n) is 20.5. The number of carbonyl (C=O) groups excluding carboxylic acids is 1. The molecule has 8 nitrogen and oxygen atoms in total. The summed E-state index contributed by atoms with van der Waals surface area (Å²) in [5, 5.41) is 8.29. The Morgan fingerprint density at radius 3 is 2.73 bits per heavy atom. The fourth-order valence-electron chi connectivity index (χ4n) is 4.83. The number of rotatable bonds is 4. The predicted octanol–water partition coefficient (Wildman–Crippen LogP) is 5.04. The van der Waals surface area contributed by atoms with Crippen LogP contribution >= 0.6 is 11.6 Å². The first-order valence-electron chi connectivity index (χ1n) is 11.8. The second kappa shape index (κ2) is 9.57. The van der Waals surface area contributed by atoms with Gasteiger partial charge in [0.1, 0.15) is 28.3 Å². The van der Waals surface area contributed by atoms with Crippen LogP contribution in [0.4, 0.5) is 14.5 Å². The summed E-state index contributed by atoms with van der Waals surface area (Å²) in [5.74, 6) is -1.44. The second-order valence-corrected chi connectivity index (χ2v) is 9.46. The minimum Gasteiger partial charge on any atom is -0.336 e. The number of amides is 1. The van der Waals surface area contributed by atoms with Crippen LogP contribution in [0.2, 0.25) is 5.15 Å². The summed E-state index contributed by atoms with van der Waals surface area (Å²) in [4.78, 5) is 23.1. The number of likely N-dealkylation sites (tertiary alicyclic amines) is 1. The molecule has 3 heterocycles. The molecule has 1 aliphatic rings. The maximum atomic E-state index is 15.5. The van der Waals surface area contributed by atoms with Crippen molar-refractivity contribution in [3.05, 3.63) is 69.9 Å². The molecule has 1 N–H and O–H groups in total. The minimum atomic E-state index is -0.730. The highest BCUT2D eigenvalue weighted by molar-refractivity contribution is 6.34. The number of carbonyl (C=O) groups is 1. The summed E-state index contributed by atoms with van der Waals surface area (Å²) < 4.78 is 33.1. The summed E-state index contributed by atoms with van der Waals surface area (Å²) >= 11 is 6.40. The quantitative estimate of drug-likeness (QED) is 0.380. The Kier molecular flexibility index (Phi) is 6.43. The van der Waals surface area contributed by atoms with Gasteiger partial charge in [-0.05, 0) is 38.9 Å². The average molecular weight is 524 g/mol. The highest BCUT2D eigenvalue weighted by atomic mass is 35.5. The summed E-state index contributed by atoms with van der Waals surface area (Å²) in [6.07, 6.45) is 1.81. The fraction of sp³-hybridized carbons (Fsp3) is 0.308. The van der Waals surface area contributed by atoms with Crippen LogP contribution in [-0.2, 0) is 7.05 Å². The zero-order valence-corrected chi connectivity index (χ0v) is 21.3. The van der Waals surface area contributed by atoms with E-state index in [0.29, 0.717) is 40.4 Å². The number of aryl methyl sites for hydroxylation is 1. The number of nitrogens with zero attached hydrogens (tertiary/aromatic N) is 6. The molecule has 1 saturated heterocycles. The predicted molar refractivity (Wildman–Crippen MR) is 137 cm³/mol. The van der Waals surface area contributed by atoms with E-state index in [2.05, 4.69) is 20.2 Å². The van der Waals surface area contributed by atoms with Gasteiger partial charge in [-0.25, -0.2) is 18.6 Å². The number of halogens is 3. The smallest absolute Gasteiger partial charge is 0.274 e. The van der Waals surface area contributed by atoms with Crippen LogP contribution in [0.5, 0.6) is 0 Å². The van der Waals surface area contributed by atoms with Gasteiger partial charge in [0.05, 0.1) is 23.5 Å². The van der Waals surface area contributed by atoms with E-state index in [1.165, 1.54) is 33.5 Å². The lowest BCUT2D eigenvalue weighted by atomic mass is 10.1. The standard InChI is InChI=1S/C26H24ClF2N7O/c1-14-23(26(37)35-9-5-6-16(13-35)30-2)32-25(15-7-8-20(31-3)18(28)10-15)36(14)22-11-17-21(12-19(22)29)33-34(4)24(17)27/h7-8,10-12,16,30H,5-6,9,13H2,1-2,4H3/t16-/m0/s1. The number of benzene rings is 2. The van der Waals surface area contributed by atoms with Gasteiger partial charge in [-0.15, -0.1) is 0 Å². The van der Waals surface area contributed by atoms with Crippen molar-refractivity contribution in [2.24, 2.45) is 7.05 Å². The monoisotopic (exact) mass is 523 g/mol. The molecule has 0 aliphatic carbocycles. The molecular weight excluding hydrogens is 500 g/mol. The van der Waals surface area contributed by atoms with Gasteiger partial charge in [-0.1, -0.05) is 23.7 Å².